The summed E-state index contributed by atoms with van der Waals surface area (Å²) in [6.07, 6.45) is 59.6. The average Bonchev–Trinajstić information content (AvgIpc) is 0.979. The summed E-state index contributed by atoms with van der Waals surface area (Å²) in [4.78, 5) is 73.1. The number of esters is 4. The van der Waals surface area contributed by atoms with E-state index in [4.69, 9.17) is 37.0 Å². The summed E-state index contributed by atoms with van der Waals surface area (Å²) in [6.45, 7) is 12.0. The molecule has 2 unspecified atom stereocenters. The molecular formula is C81H158O17P2. The van der Waals surface area contributed by atoms with E-state index in [1.165, 1.54) is 231 Å². The number of aliphatic hydroxyl groups excluding tert-OH is 1. The number of rotatable bonds is 79. The molecule has 0 saturated heterocycles. The predicted molar refractivity (Wildman–Crippen MR) is 409 cm³/mol. The fraction of sp³-hybridized carbons (Fsp3) is 0.951. The normalized spacial score (nSPS) is 14.0. The van der Waals surface area contributed by atoms with Crippen molar-refractivity contribution < 1.29 is 80.2 Å². The van der Waals surface area contributed by atoms with E-state index in [1.807, 2.05) is 0 Å². The molecule has 594 valence electrons. The number of carbonyl (C=O) groups is 4. The molecule has 3 N–H and O–H groups in total. The molecule has 0 aromatic heterocycles. The first-order valence-corrected chi connectivity index (χ1v) is 44.8. The Balaban J connectivity index is 5.26. The molecule has 0 spiro atoms. The van der Waals surface area contributed by atoms with Gasteiger partial charge in [-0.25, -0.2) is 9.13 Å². The smallest absolute Gasteiger partial charge is 0.462 e. The van der Waals surface area contributed by atoms with Crippen molar-refractivity contribution in [3.8, 4) is 0 Å². The molecule has 19 heteroatoms. The first kappa shape index (κ1) is 98.1. The maximum Gasteiger partial charge on any atom is 0.472 e. The zero-order valence-electron chi connectivity index (χ0n) is 65.7. The molecule has 0 amide bonds. The van der Waals surface area contributed by atoms with E-state index in [0.29, 0.717) is 25.7 Å². The molecule has 0 aliphatic heterocycles. The zero-order valence-corrected chi connectivity index (χ0v) is 67.5. The molecule has 17 nitrogen and oxygen atoms in total. The Morgan fingerprint density at radius 2 is 0.460 bits per heavy atom. The molecule has 0 aliphatic carbocycles. The number of ether oxygens (including phenoxy) is 4. The van der Waals surface area contributed by atoms with Gasteiger partial charge in [-0.2, -0.15) is 0 Å². The second-order valence-electron chi connectivity index (χ2n) is 30.6. The number of hydrogen-bond acceptors (Lipinski definition) is 15. The van der Waals surface area contributed by atoms with Crippen molar-refractivity contribution >= 4 is 39.5 Å². The van der Waals surface area contributed by atoms with Crippen LogP contribution in [0.1, 0.15) is 421 Å². The van der Waals surface area contributed by atoms with Crippen molar-refractivity contribution in [2.75, 3.05) is 39.6 Å². The predicted octanol–water partition coefficient (Wildman–Crippen LogP) is 24.1. The molecule has 0 fully saturated rings. The van der Waals surface area contributed by atoms with Gasteiger partial charge in [-0.15, -0.1) is 0 Å². The maximum absolute atomic E-state index is 13.1. The van der Waals surface area contributed by atoms with Crippen molar-refractivity contribution in [2.24, 2.45) is 17.8 Å². The second-order valence-corrected chi connectivity index (χ2v) is 33.5. The van der Waals surface area contributed by atoms with E-state index in [1.54, 1.807) is 0 Å². The molecule has 5 atom stereocenters. The van der Waals surface area contributed by atoms with E-state index in [9.17, 15) is 43.2 Å². The molecule has 0 saturated carbocycles. The van der Waals surface area contributed by atoms with Crippen LogP contribution in [-0.2, 0) is 65.4 Å². The van der Waals surface area contributed by atoms with E-state index < -0.39 is 97.5 Å². The topological polar surface area (TPSA) is 237 Å². The van der Waals surface area contributed by atoms with Gasteiger partial charge >= 0.3 is 39.5 Å². The van der Waals surface area contributed by atoms with Crippen LogP contribution in [0, 0.1) is 17.8 Å². The lowest BCUT2D eigenvalue weighted by atomic mass is 10.0. The Kier molecular flexibility index (Phi) is 69.9. The van der Waals surface area contributed by atoms with E-state index in [0.717, 1.165) is 108 Å². The average molecular weight is 1470 g/mol. The molecule has 100 heavy (non-hydrogen) atoms. The lowest BCUT2D eigenvalue weighted by Gasteiger charge is -2.21. The van der Waals surface area contributed by atoms with Gasteiger partial charge in [-0.1, -0.05) is 370 Å². The van der Waals surface area contributed by atoms with Crippen LogP contribution in [0.4, 0.5) is 0 Å². The third-order valence-corrected chi connectivity index (χ3v) is 20.8. The fourth-order valence-corrected chi connectivity index (χ4v) is 14.1. The van der Waals surface area contributed by atoms with Gasteiger partial charge < -0.3 is 33.8 Å². The van der Waals surface area contributed by atoms with Gasteiger partial charge in [0.1, 0.15) is 19.3 Å². The lowest BCUT2D eigenvalue weighted by molar-refractivity contribution is -0.161. The number of unbranched alkanes of at least 4 members (excludes halogenated alkanes) is 47. The number of phosphoric acid groups is 2. The third-order valence-electron chi connectivity index (χ3n) is 18.9. The molecule has 0 heterocycles. The number of hydrogen-bond donors (Lipinski definition) is 3. The maximum atomic E-state index is 13.1. The van der Waals surface area contributed by atoms with Crippen LogP contribution in [0.5, 0.6) is 0 Å². The highest BCUT2D eigenvalue weighted by Crippen LogP contribution is 2.45. The van der Waals surface area contributed by atoms with E-state index >= 15 is 0 Å². The van der Waals surface area contributed by atoms with Gasteiger partial charge in [0.05, 0.1) is 26.4 Å². The quantitative estimate of drug-likeness (QED) is 0.0222. The van der Waals surface area contributed by atoms with Crippen molar-refractivity contribution in [1.29, 1.82) is 0 Å². The van der Waals surface area contributed by atoms with Crippen LogP contribution < -0.4 is 0 Å². The Labute approximate surface area is 613 Å². The van der Waals surface area contributed by atoms with Crippen LogP contribution in [0.15, 0.2) is 0 Å². The number of aliphatic hydroxyl groups is 1. The summed E-state index contributed by atoms with van der Waals surface area (Å²) >= 11 is 0. The third kappa shape index (κ3) is 74.3. The first-order valence-electron chi connectivity index (χ1n) is 41.8. The lowest BCUT2D eigenvalue weighted by Crippen LogP contribution is -2.30. The summed E-state index contributed by atoms with van der Waals surface area (Å²) in [5.74, 6) is 0.210. The molecular weight excluding hydrogens is 1310 g/mol. The Morgan fingerprint density at radius 3 is 0.680 bits per heavy atom. The molecule has 0 radical (unpaired) electrons. The molecule has 0 aromatic carbocycles. The van der Waals surface area contributed by atoms with Crippen molar-refractivity contribution in [3.63, 3.8) is 0 Å². The van der Waals surface area contributed by atoms with E-state index in [-0.39, 0.29) is 25.7 Å². The molecule has 0 bridgehead atoms. The largest absolute Gasteiger partial charge is 0.472 e. The highest BCUT2D eigenvalue weighted by atomic mass is 31.2. The van der Waals surface area contributed by atoms with Crippen molar-refractivity contribution in [2.45, 2.75) is 439 Å². The summed E-state index contributed by atoms with van der Waals surface area (Å²) in [5.41, 5.74) is 0. The second kappa shape index (κ2) is 71.3. The first-order chi connectivity index (χ1) is 48.2. The van der Waals surface area contributed by atoms with Crippen molar-refractivity contribution in [1.82, 2.24) is 0 Å². The Bertz CT molecular complexity index is 1940. The van der Waals surface area contributed by atoms with Gasteiger partial charge in [-0.3, -0.25) is 37.3 Å². The molecule has 0 rings (SSSR count). The van der Waals surface area contributed by atoms with Crippen LogP contribution in [0.25, 0.3) is 0 Å². The van der Waals surface area contributed by atoms with Crippen LogP contribution >= 0.6 is 15.6 Å². The minimum absolute atomic E-state index is 0.106. The van der Waals surface area contributed by atoms with Gasteiger partial charge in [0.2, 0.25) is 0 Å². The highest BCUT2D eigenvalue weighted by Gasteiger charge is 2.30. The van der Waals surface area contributed by atoms with Crippen LogP contribution in [-0.4, -0.2) is 96.7 Å². The zero-order chi connectivity index (χ0) is 73.7. The number of phosphoric ester groups is 2. The standard InChI is InChI=1S/C81H158O17P2/c1-8-9-10-11-12-13-14-15-18-22-25-34-41-48-55-62-78(83)91-68-76(97-80(85)64-57-50-43-36-26-23-20-17-16-19-21-24-31-38-45-52-59-72(2)3)70-95-99(87,88)93-66-75(82)67-94-100(89,90)96-71-77(98-81(86)65-58-51-44-37-30-28-33-40-47-54-61-74(6)7)69-92-79(84)63-56-49-42-35-29-27-32-39-46-53-60-73(4)5/h72-77,82H,8-71H2,1-7H3,(H,87,88)(H,89,90)/t75-,76-,77-/m1/s1. The summed E-state index contributed by atoms with van der Waals surface area (Å²) in [5, 5.41) is 10.6. The molecule has 0 aliphatic rings. The van der Waals surface area contributed by atoms with Gasteiger partial charge in [0.15, 0.2) is 12.2 Å². The Hall–Kier alpha value is -1.94. The SMILES string of the molecule is CCCCCCCCCCCCCCCCCC(=O)OC[C@H](COP(=O)(O)OC[C@@H](O)COP(=O)(O)OC[C@@H](COC(=O)CCCCCCCCCCCCC(C)C)OC(=O)CCCCCCCCCCCCC(C)C)OC(=O)CCCCCCCCCCCCCCCCCCC(C)C. The summed E-state index contributed by atoms with van der Waals surface area (Å²) < 4.78 is 68.7. The minimum atomic E-state index is -4.96. The van der Waals surface area contributed by atoms with Crippen LogP contribution in [0.2, 0.25) is 0 Å². The van der Waals surface area contributed by atoms with Gasteiger partial charge in [-0.05, 0) is 43.4 Å². The van der Waals surface area contributed by atoms with Crippen molar-refractivity contribution in [3.05, 3.63) is 0 Å². The fourth-order valence-electron chi connectivity index (χ4n) is 12.5. The van der Waals surface area contributed by atoms with Gasteiger partial charge in [0, 0.05) is 25.7 Å². The molecule has 0 aromatic rings. The van der Waals surface area contributed by atoms with Gasteiger partial charge in [0.25, 0.3) is 0 Å². The Morgan fingerprint density at radius 1 is 0.270 bits per heavy atom. The minimum Gasteiger partial charge on any atom is -0.462 e. The van der Waals surface area contributed by atoms with Crippen LogP contribution in [0.3, 0.4) is 0 Å². The highest BCUT2D eigenvalue weighted by molar-refractivity contribution is 7.47. The van der Waals surface area contributed by atoms with E-state index in [2.05, 4.69) is 48.5 Å². The summed E-state index contributed by atoms with van der Waals surface area (Å²) in [6, 6.07) is 0. The number of carbonyl (C=O) groups excluding carboxylic acids is 4. The summed E-state index contributed by atoms with van der Waals surface area (Å²) in [7, 11) is -9.92. The monoisotopic (exact) mass is 1470 g/mol.